The lowest BCUT2D eigenvalue weighted by Crippen LogP contribution is -2.10. The van der Waals surface area contributed by atoms with Crippen LogP contribution in [0.1, 0.15) is 11.1 Å². The molecule has 1 aromatic heterocycles. The maximum absolute atomic E-state index is 7.36. The van der Waals surface area contributed by atoms with E-state index in [1.165, 1.54) is 21.9 Å². The second-order valence-electron chi connectivity index (χ2n) is 12.8. The highest BCUT2D eigenvalue weighted by atomic mass is 16.3. The average Bonchev–Trinajstić information content (AvgIpc) is 3.55. The van der Waals surface area contributed by atoms with Crippen molar-refractivity contribution in [2.24, 2.45) is 0 Å². The molecule has 3 heteroatoms. The predicted octanol–water partition coefficient (Wildman–Crippen LogP) is 13.4. The number of hydrogen-bond acceptors (Lipinski definition) is 3. The molecule has 0 saturated carbocycles. The molecule has 3 nitrogen and oxygen atoms in total. The van der Waals surface area contributed by atoms with Gasteiger partial charge < -0.3 is 14.2 Å². The minimum Gasteiger partial charge on any atom is -0.452 e. The molecule has 0 atom stereocenters. The molecule has 0 unspecified atom stereocenters. The first-order chi connectivity index (χ1) is 24.1. The van der Waals surface area contributed by atoms with Gasteiger partial charge in [0.05, 0.1) is 11.4 Å². The van der Waals surface area contributed by atoms with Crippen LogP contribution < -0.4 is 9.80 Å². The van der Waals surface area contributed by atoms with Crippen molar-refractivity contribution in [2.45, 2.75) is 13.8 Å². The van der Waals surface area contributed by atoms with Crippen LogP contribution in [0.4, 0.5) is 34.1 Å². The summed E-state index contributed by atoms with van der Waals surface area (Å²) in [6.45, 7) is 4.29. The van der Waals surface area contributed by atoms with Gasteiger partial charge in [-0.2, -0.15) is 0 Å². The minimum atomic E-state index is 0.855. The number of benzene rings is 8. The second kappa shape index (κ2) is 11.7. The summed E-state index contributed by atoms with van der Waals surface area (Å²) in [6, 6.07) is 60.5. The molecule has 49 heavy (non-hydrogen) atoms. The van der Waals surface area contributed by atoms with Crippen molar-refractivity contribution in [2.75, 3.05) is 9.80 Å². The van der Waals surface area contributed by atoms with E-state index in [0.717, 1.165) is 66.8 Å². The van der Waals surface area contributed by atoms with Gasteiger partial charge in [-0.15, -0.1) is 0 Å². The summed E-state index contributed by atoms with van der Waals surface area (Å²) in [5.41, 5.74) is 10.4. The van der Waals surface area contributed by atoms with E-state index >= 15 is 0 Å². The molecule has 234 valence electrons. The highest BCUT2D eigenvalue weighted by molar-refractivity contribution is 6.31. The number of anilines is 6. The fourth-order valence-corrected chi connectivity index (χ4v) is 7.31. The fourth-order valence-electron chi connectivity index (χ4n) is 7.31. The Bertz CT molecular complexity index is 2460. The lowest BCUT2D eigenvalue weighted by Gasteiger charge is -2.26. The number of furan rings is 1. The molecule has 0 fully saturated rings. The van der Waals surface area contributed by atoms with E-state index < -0.39 is 0 Å². The van der Waals surface area contributed by atoms with Gasteiger partial charge in [0.2, 0.25) is 0 Å². The van der Waals surface area contributed by atoms with Crippen LogP contribution >= 0.6 is 0 Å². The van der Waals surface area contributed by atoms with Crippen LogP contribution in [-0.2, 0) is 0 Å². The summed E-state index contributed by atoms with van der Waals surface area (Å²) in [5, 5.41) is 6.89. The monoisotopic (exact) mass is 630 g/mol. The number of para-hydroxylation sites is 2. The maximum Gasteiger partial charge on any atom is 0.160 e. The van der Waals surface area contributed by atoms with E-state index in [1.54, 1.807) is 0 Å². The van der Waals surface area contributed by atoms with Crippen LogP contribution in [0.25, 0.3) is 43.5 Å². The number of hydrogen-bond donors (Lipinski definition) is 0. The van der Waals surface area contributed by atoms with E-state index in [9.17, 15) is 0 Å². The summed E-state index contributed by atoms with van der Waals surface area (Å²) < 4.78 is 7.36. The molecule has 0 N–H and O–H groups in total. The zero-order valence-electron chi connectivity index (χ0n) is 27.5. The van der Waals surface area contributed by atoms with Crippen molar-refractivity contribution in [3.8, 4) is 0 Å². The molecule has 0 aliphatic heterocycles. The Balaban J connectivity index is 1.46. The zero-order chi connectivity index (χ0) is 32.9. The van der Waals surface area contributed by atoms with Crippen LogP contribution in [0.3, 0.4) is 0 Å². The molecule has 1 heterocycles. The first-order valence-electron chi connectivity index (χ1n) is 16.8. The highest BCUT2D eigenvalue weighted by Crippen LogP contribution is 2.51. The summed E-state index contributed by atoms with van der Waals surface area (Å²) in [6.07, 6.45) is 0. The predicted molar refractivity (Wildman–Crippen MR) is 208 cm³/mol. The van der Waals surface area contributed by atoms with Crippen molar-refractivity contribution in [1.29, 1.82) is 0 Å². The fraction of sp³-hybridized carbons (Fsp3) is 0.0435. The quantitative estimate of drug-likeness (QED) is 0.182. The van der Waals surface area contributed by atoms with Gasteiger partial charge in [-0.3, -0.25) is 0 Å². The van der Waals surface area contributed by atoms with E-state index in [2.05, 4.69) is 194 Å². The standard InChI is InChI=1S/C46H34N2O/c1-31-15-13-23-37(27-31)47(35-19-5-3-6-20-35)41-29-33-17-9-11-25-39(33)43-44-40-26-12-10-18-34(40)30-42(46(44)49-45(41)43)48(36-21-7-4-8-22-36)38-24-14-16-32(2)28-38/h3-30H,1-2H3. The molecule has 9 rings (SSSR count). The van der Waals surface area contributed by atoms with Gasteiger partial charge in [-0.05, 0) is 107 Å². The molecule has 0 aliphatic carbocycles. The normalized spacial score (nSPS) is 11.5. The first kappa shape index (κ1) is 28.9. The van der Waals surface area contributed by atoms with Crippen molar-refractivity contribution in [1.82, 2.24) is 0 Å². The van der Waals surface area contributed by atoms with E-state index in [1.807, 2.05) is 0 Å². The van der Waals surface area contributed by atoms with Crippen LogP contribution in [0.5, 0.6) is 0 Å². The third-order valence-electron chi connectivity index (χ3n) is 9.45. The van der Waals surface area contributed by atoms with E-state index in [0.29, 0.717) is 0 Å². The maximum atomic E-state index is 7.36. The minimum absolute atomic E-state index is 0.855. The molecule has 0 amide bonds. The largest absolute Gasteiger partial charge is 0.452 e. The van der Waals surface area contributed by atoms with Gasteiger partial charge in [-0.25, -0.2) is 0 Å². The summed E-state index contributed by atoms with van der Waals surface area (Å²) in [5.74, 6) is 0. The lowest BCUT2D eigenvalue weighted by atomic mass is 9.97. The molecule has 0 spiro atoms. The summed E-state index contributed by atoms with van der Waals surface area (Å²) >= 11 is 0. The lowest BCUT2D eigenvalue weighted by molar-refractivity contribution is 0.670. The molecule has 0 bridgehead atoms. The molecule has 0 radical (unpaired) electrons. The Morgan fingerprint density at radius 3 is 1.18 bits per heavy atom. The van der Waals surface area contributed by atoms with E-state index in [4.69, 9.17) is 4.42 Å². The molecule has 0 saturated heterocycles. The Labute approximate surface area is 285 Å². The highest BCUT2D eigenvalue weighted by Gasteiger charge is 2.26. The Kier molecular flexibility index (Phi) is 6.91. The van der Waals surface area contributed by atoms with Crippen LogP contribution in [0.15, 0.2) is 174 Å². The second-order valence-corrected chi connectivity index (χ2v) is 12.8. The molecular formula is C46H34N2O. The molecule has 9 aromatic rings. The van der Waals surface area contributed by atoms with Gasteiger partial charge in [0.25, 0.3) is 0 Å². The summed E-state index contributed by atoms with van der Waals surface area (Å²) in [7, 11) is 0. The van der Waals surface area contributed by atoms with Gasteiger partial charge in [0.15, 0.2) is 11.2 Å². The molecular weight excluding hydrogens is 597 g/mol. The average molecular weight is 631 g/mol. The van der Waals surface area contributed by atoms with Gasteiger partial charge >= 0.3 is 0 Å². The SMILES string of the molecule is Cc1cccc(N(c2ccccc2)c2cc3ccccc3c3c2oc2c(N(c4ccccc4)c4cccc(C)c4)cc4ccccc4c23)c1. The van der Waals surface area contributed by atoms with Crippen LogP contribution in [-0.4, -0.2) is 0 Å². The molecule has 8 aromatic carbocycles. The smallest absolute Gasteiger partial charge is 0.160 e. The molecule has 0 aliphatic rings. The first-order valence-corrected chi connectivity index (χ1v) is 16.8. The Morgan fingerprint density at radius 2 is 0.755 bits per heavy atom. The zero-order valence-corrected chi connectivity index (χ0v) is 27.5. The van der Waals surface area contributed by atoms with Gasteiger partial charge in [-0.1, -0.05) is 109 Å². The van der Waals surface area contributed by atoms with Gasteiger partial charge in [0.1, 0.15) is 0 Å². The van der Waals surface area contributed by atoms with Gasteiger partial charge in [0, 0.05) is 33.5 Å². The summed E-state index contributed by atoms with van der Waals surface area (Å²) in [4.78, 5) is 4.67. The third-order valence-corrected chi connectivity index (χ3v) is 9.45. The number of nitrogens with zero attached hydrogens (tertiary/aromatic N) is 2. The third kappa shape index (κ3) is 4.90. The number of rotatable bonds is 6. The van der Waals surface area contributed by atoms with Crippen molar-refractivity contribution >= 4 is 77.6 Å². The topological polar surface area (TPSA) is 19.6 Å². The number of fused-ring (bicyclic) bond motifs is 7. The van der Waals surface area contributed by atoms with Crippen LogP contribution in [0, 0.1) is 13.8 Å². The Hall–Kier alpha value is -6.32. The van der Waals surface area contributed by atoms with Crippen molar-refractivity contribution in [3.63, 3.8) is 0 Å². The van der Waals surface area contributed by atoms with Crippen LogP contribution in [0.2, 0.25) is 0 Å². The number of aryl methyl sites for hydroxylation is 2. The van der Waals surface area contributed by atoms with Crippen molar-refractivity contribution in [3.05, 3.63) is 181 Å². The Morgan fingerprint density at radius 1 is 0.367 bits per heavy atom. The van der Waals surface area contributed by atoms with E-state index in [-0.39, 0.29) is 0 Å². The van der Waals surface area contributed by atoms with Crippen molar-refractivity contribution < 1.29 is 4.42 Å².